The molecule has 0 aliphatic rings. The highest BCUT2D eigenvalue weighted by Gasteiger charge is 2.25. The van der Waals surface area contributed by atoms with Crippen molar-refractivity contribution in [2.45, 2.75) is 18.6 Å². The topological polar surface area (TPSA) is 106 Å². The predicted octanol–water partition coefficient (Wildman–Crippen LogP) is 0.0190. The second kappa shape index (κ2) is 7.35. The van der Waals surface area contributed by atoms with Crippen LogP contribution in [0.5, 0.6) is 0 Å². The molecule has 0 saturated carbocycles. The number of amides is 2. The van der Waals surface area contributed by atoms with Crippen LogP contribution in [0.2, 0.25) is 0 Å². The lowest BCUT2D eigenvalue weighted by Crippen LogP contribution is -2.42. The van der Waals surface area contributed by atoms with Crippen LogP contribution in [0.1, 0.15) is 12.5 Å². The Kier molecular flexibility index (Phi) is 6.04. The molecule has 1 aromatic rings. The standard InChI is InChI=1S/C14H19FN2O4S/c1-9(22(2,20)21)14(19)17-8-11(13(16)18)7-10-3-5-12(15)6-4-10/h3-6,9,11H,7-8H2,1-2H3,(H2,16,18)(H,17,19)/t9-,11+/m0/s1. The first-order valence-electron chi connectivity index (χ1n) is 6.61. The number of hydrogen-bond acceptors (Lipinski definition) is 4. The Labute approximate surface area is 128 Å². The lowest BCUT2D eigenvalue weighted by molar-refractivity contribution is -0.123. The van der Waals surface area contributed by atoms with Gasteiger partial charge in [-0.1, -0.05) is 12.1 Å². The number of carbonyl (C=O) groups excluding carboxylic acids is 2. The highest BCUT2D eigenvalue weighted by Crippen LogP contribution is 2.10. The van der Waals surface area contributed by atoms with Gasteiger partial charge < -0.3 is 11.1 Å². The van der Waals surface area contributed by atoms with Gasteiger partial charge >= 0.3 is 0 Å². The number of nitrogens with one attached hydrogen (secondary N) is 1. The molecule has 0 aromatic heterocycles. The number of primary amides is 1. The Morgan fingerprint density at radius 1 is 1.27 bits per heavy atom. The SMILES string of the molecule is C[C@@H](C(=O)NC[C@@H](Cc1ccc(F)cc1)C(N)=O)S(C)(=O)=O. The van der Waals surface area contributed by atoms with Crippen LogP contribution in [0.15, 0.2) is 24.3 Å². The van der Waals surface area contributed by atoms with Gasteiger partial charge in [0.05, 0.1) is 5.92 Å². The van der Waals surface area contributed by atoms with E-state index < -0.39 is 38.6 Å². The third-order valence-electron chi connectivity index (χ3n) is 3.33. The van der Waals surface area contributed by atoms with Gasteiger partial charge in [0.2, 0.25) is 11.8 Å². The number of halogens is 1. The van der Waals surface area contributed by atoms with Gasteiger partial charge in [0.25, 0.3) is 0 Å². The van der Waals surface area contributed by atoms with Crippen LogP contribution in [0.4, 0.5) is 4.39 Å². The summed E-state index contributed by atoms with van der Waals surface area (Å²) in [6.07, 6.45) is 1.18. The van der Waals surface area contributed by atoms with E-state index in [1.807, 2.05) is 0 Å². The minimum atomic E-state index is -3.50. The van der Waals surface area contributed by atoms with E-state index in [1.54, 1.807) is 0 Å². The second-order valence-electron chi connectivity index (χ2n) is 5.15. The second-order valence-corrected chi connectivity index (χ2v) is 7.51. The molecule has 6 nitrogen and oxygen atoms in total. The molecular weight excluding hydrogens is 311 g/mol. The number of nitrogens with two attached hydrogens (primary N) is 1. The predicted molar refractivity (Wildman–Crippen MR) is 80.1 cm³/mol. The number of rotatable bonds is 7. The largest absolute Gasteiger partial charge is 0.369 e. The summed E-state index contributed by atoms with van der Waals surface area (Å²) in [6, 6.07) is 5.56. The number of sulfone groups is 1. The molecule has 0 spiro atoms. The fourth-order valence-electron chi connectivity index (χ4n) is 1.74. The van der Waals surface area contributed by atoms with Crippen molar-refractivity contribution in [2.24, 2.45) is 11.7 Å². The van der Waals surface area contributed by atoms with Crippen LogP contribution >= 0.6 is 0 Å². The minimum absolute atomic E-state index is 0.0780. The third kappa shape index (κ3) is 5.44. The first-order chi connectivity index (χ1) is 10.1. The Morgan fingerprint density at radius 3 is 2.27 bits per heavy atom. The van der Waals surface area contributed by atoms with Gasteiger partial charge in [-0.05, 0) is 31.0 Å². The molecular formula is C14H19FN2O4S. The van der Waals surface area contributed by atoms with Crippen molar-refractivity contribution in [3.63, 3.8) is 0 Å². The molecule has 1 aromatic carbocycles. The van der Waals surface area contributed by atoms with Gasteiger partial charge in [-0.25, -0.2) is 12.8 Å². The van der Waals surface area contributed by atoms with Crippen LogP contribution in [0.3, 0.4) is 0 Å². The maximum Gasteiger partial charge on any atom is 0.238 e. The van der Waals surface area contributed by atoms with Crippen molar-refractivity contribution in [3.05, 3.63) is 35.6 Å². The molecule has 22 heavy (non-hydrogen) atoms. The number of benzene rings is 1. The average molecular weight is 330 g/mol. The maximum atomic E-state index is 12.8. The summed E-state index contributed by atoms with van der Waals surface area (Å²) in [7, 11) is -3.50. The van der Waals surface area contributed by atoms with E-state index in [-0.39, 0.29) is 13.0 Å². The fourth-order valence-corrected chi connectivity index (χ4v) is 2.21. The molecule has 0 heterocycles. The first-order valence-corrected chi connectivity index (χ1v) is 8.57. The van der Waals surface area contributed by atoms with Crippen molar-refractivity contribution in [1.82, 2.24) is 5.32 Å². The molecule has 2 atom stereocenters. The Hall–Kier alpha value is -1.96. The molecule has 1 rings (SSSR count). The van der Waals surface area contributed by atoms with Crippen LogP contribution in [0, 0.1) is 11.7 Å². The summed E-state index contributed by atoms with van der Waals surface area (Å²) in [6.45, 7) is 1.19. The van der Waals surface area contributed by atoms with Crippen LogP contribution in [-0.2, 0) is 25.8 Å². The maximum absolute atomic E-state index is 12.8. The van der Waals surface area contributed by atoms with Gasteiger partial charge in [-0.2, -0.15) is 0 Å². The lowest BCUT2D eigenvalue weighted by Gasteiger charge is -2.16. The van der Waals surface area contributed by atoms with Gasteiger partial charge in [-0.3, -0.25) is 9.59 Å². The van der Waals surface area contributed by atoms with Crippen molar-refractivity contribution < 1.29 is 22.4 Å². The molecule has 0 radical (unpaired) electrons. The van der Waals surface area contributed by atoms with E-state index in [0.717, 1.165) is 6.26 Å². The number of carbonyl (C=O) groups is 2. The van der Waals surface area contributed by atoms with Gasteiger partial charge in [0.15, 0.2) is 9.84 Å². The van der Waals surface area contributed by atoms with Crippen molar-refractivity contribution in [2.75, 3.05) is 12.8 Å². The quantitative estimate of drug-likeness (QED) is 0.735. The highest BCUT2D eigenvalue weighted by atomic mass is 32.2. The molecule has 0 aliphatic heterocycles. The Bertz CT molecular complexity index is 643. The van der Waals surface area contributed by atoms with E-state index >= 15 is 0 Å². The van der Waals surface area contributed by atoms with E-state index in [9.17, 15) is 22.4 Å². The van der Waals surface area contributed by atoms with Crippen LogP contribution in [-0.4, -0.2) is 38.3 Å². The Balaban J connectivity index is 2.67. The molecule has 122 valence electrons. The molecule has 0 aliphatic carbocycles. The Morgan fingerprint density at radius 2 is 1.82 bits per heavy atom. The molecule has 3 N–H and O–H groups in total. The summed E-state index contributed by atoms with van der Waals surface area (Å²) in [5, 5.41) is 1.21. The van der Waals surface area contributed by atoms with E-state index in [4.69, 9.17) is 5.73 Å². The summed E-state index contributed by atoms with van der Waals surface area (Å²) >= 11 is 0. The zero-order valence-electron chi connectivity index (χ0n) is 12.4. The van der Waals surface area contributed by atoms with Gasteiger partial charge in [-0.15, -0.1) is 0 Å². The molecule has 0 fully saturated rings. The summed E-state index contributed by atoms with van der Waals surface area (Å²) < 4.78 is 35.4. The molecule has 8 heteroatoms. The van der Waals surface area contributed by atoms with E-state index in [0.29, 0.717) is 5.56 Å². The zero-order valence-corrected chi connectivity index (χ0v) is 13.2. The van der Waals surface area contributed by atoms with Crippen LogP contribution in [0.25, 0.3) is 0 Å². The zero-order chi connectivity index (χ0) is 16.9. The minimum Gasteiger partial charge on any atom is -0.369 e. The van der Waals surface area contributed by atoms with Gasteiger partial charge in [0.1, 0.15) is 11.1 Å². The number of hydrogen-bond donors (Lipinski definition) is 2. The normalized spacial score (nSPS) is 14.1. The lowest BCUT2D eigenvalue weighted by atomic mass is 9.98. The molecule has 0 bridgehead atoms. The van der Waals surface area contributed by atoms with Crippen molar-refractivity contribution >= 4 is 21.7 Å². The smallest absolute Gasteiger partial charge is 0.238 e. The molecule has 0 unspecified atom stereocenters. The monoisotopic (exact) mass is 330 g/mol. The summed E-state index contributed by atoms with van der Waals surface area (Å²) in [5.41, 5.74) is 5.97. The highest BCUT2D eigenvalue weighted by molar-refractivity contribution is 7.92. The van der Waals surface area contributed by atoms with E-state index in [1.165, 1.54) is 31.2 Å². The van der Waals surface area contributed by atoms with Crippen molar-refractivity contribution in [1.29, 1.82) is 0 Å². The molecule has 0 saturated heterocycles. The average Bonchev–Trinajstić information content (AvgIpc) is 2.42. The summed E-state index contributed by atoms with van der Waals surface area (Å²) in [5.74, 6) is -2.42. The summed E-state index contributed by atoms with van der Waals surface area (Å²) in [4.78, 5) is 23.2. The van der Waals surface area contributed by atoms with Crippen LogP contribution < -0.4 is 11.1 Å². The van der Waals surface area contributed by atoms with Crippen molar-refractivity contribution in [3.8, 4) is 0 Å². The first kappa shape index (κ1) is 18.1. The third-order valence-corrected chi connectivity index (χ3v) is 4.83. The fraction of sp³-hybridized carbons (Fsp3) is 0.429. The van der Waals surface area contributed by atoms with E-state index in [2.05, 4.69) is 5.32 Å². The molecule has 2 amide bonds. The van der Waals surface area contributed by atoms with Gasteiger partial charge in [0, 0.05) is 12.8 Å².